The number of anilines is 1. The minimum Gasteiger partial charge on any atom is -0.461 e. The van der Waals surface area contributed by atoms with Crippen molar-refractivity contribution in [2.45, 2.75) is 111 Å². The Balaban J connectivity index is 2.07. The molecule has 2 fully saturated rings. The molecule has 3 rings (SSSR count). The van der Waals surface area contributed by atoms with E-state index in [9.17, 15) is 4.79 Å². The number of rotatable bonds is 5. The second kappa shape index (κ2) is 10.0. The summed E-state index contributed by atoms with van der Waals surface area (Å²) in [5, 5.41) is 0. The first-order chi connectivity index (χ1) is 14.9. The highest BCUT2D eigenvalue weighted by Gasteiger charge is 2.42. The van der Waals surface area contributed by atoms with E-state index in [1.807, 2.05) is 48.5 Å². The van der Waals surface area contributed by atoms with E-state index in [2.05, 4.69) is 20.8 Å². The van der Waals surface area contributed by atoms with Crippen molar-refractivity contribution in [3.63, 3.8) is 0 Å². The minimum absolute atomic E-state index is 0.208. The van der Waals surface area contributed by atoms with Crippen molar-refractivity contribution < 1.29 is 14.3 Å². The lowest BCUT2D eigenvalue weighted by Gasteiger charge is -2.34. The third kappa shape index (κ3) is 5.85. The number of nitrogens with zero attached hydrogens (tertiary/aromatic N) is 2. The molecule has 1 aromatic heterocycles. The molecule has 5 nitrogen and oxygen atoms in total. The molecule has 2 aliphatic rings. The zero-order chi connectivity index (χ0) is 23.7. The highest BCUT2D eigenvalue weighted by atomic mass is 79.9. The van der Waals surface area contributed by atoms with Crippen LogP contribution in [0, 0.1) is 19.3 Å². The average molecular weight is 510 g/mol. The maximum Gasteiger partial charge on any atom is 0.340 e. The lowest BCUT2D eigenvalue weighted by atomic mass is 9.80. The smallest absolute Gasteiger partial charge is 0.340 e. The zero-order valence-electron chi connectivity index (χ0n) is 21.0. The van der Waals surface area contributed by atoms with Crippen LogP contribution in [0.1, 0.15) is 103 Å². The third-order valence-corrected chi connectivity index (χ3v) is 7.67. The molecule has 1 saturated carbocycles. The minimum atomic E-state index is -0.817. The lowest BCUT2D eigenvalue weighted by molar-refractivity contribution is -0.171. The van der Waals surface area contributed by atoms with Crippen molar-refractivity contribution in [2.75, 3.05) is 18.0 Å². The van der Waals surface area contributed by atoms with Gasteiger partial charge in [0.1, 0.15) is 0 Å². The van der Waals surface area contributed by atoms with Crippen LogP contribution < -0.4 is 4.90 Å². The van der Waals surface area contributed by atoms with Crippen molar-refractivity contribution in [1.29, 1.82) is 0 Å². The second-order valence-electron chi connectivity index (χ2n) is 11.0. The summed E-state index contributed by atoms with van der Waals surface area (Å²) in [6.07, 6.45) is 8.15. The molecule has 1 atom stereocenters. The number of esters is 1. The molecule has 180 valence electrons. The maximum atomic E-state index is 13.3. The first kappa shape index (κ1) is 25.5. The molecular weight excluding hydrogens is 468 g/mol. The Morgan fingerprint density at radius 1 is 1.06 bits per heavy atom. The van der Waals surface area contributed by atoms with Gasteiger partial charge in [-0.25, -0.2) is 4.79 Å². The number of pyridine rings is 1. The molecule has 2 heterocycles. The van der Waals surface area contributed by atoms with E-state index < -0.39 is 11.7 Å². The van der Waals surface area contributed by atoms with Gasteiger partial charge in [-0.15, -0.1) is 0 Å². The summed E-state index contributed by atoms with van der Waals surface area (Å²) in [6.45, 7) is 15.7. The van der Waals surface area contributed by atoms with Crippen LogP contribution in [0.5, 0.6) is 0 Å². The second-order valence-corrected chi connectivity index (χ2v) is 11.8. The topological polar surface area (TPSA) is 51.7 Å². The van der Waals surface area contributed by atoms with Gasteiger partial charge in [-0.2, -0.15) is 0 Å². The van der Waals surface area contributed by atoms with Crippen LogP contribution in [-0.4, -0.2) is 35.7 Å². The molecule has 0 unspecified atom stereocenters. The molecule has 0 N–H and O–H groups in total. The van der Waals surface area contributed by atoms with Crippen LogP contribution in [0.25, 0.3) is 0 Å². The first-order valence-corrected chi connectivity index (χ1v) is 13.0. The summed E-state index contributed by atoms with van der Waals surface area (Å²) < 4.78 is 13.0. The van der Waals surface area contributed by atoms with E-state index in [4.69, 9.17) is 14.5 Å². The highest BCUT2D eigenvalue weighted by Crippen LogP contribution is 2.48. The van der Waals surface area contributed by atoms with E-state index in [-0.39, 0.29) is 12.1 Å². The molecule has 1 spiro atoms. The number of ether oxygens (including phenoxy) is 2. The number of aromatic nitrogens is 1. The summed E-state index contributed by atoms with van der Waals surface area (Å²) in [6, 6.07) is 0. The summed E-state index contributed by atoms with van der Waals surface area (Å²) in [7, 11) is 0. The van der Waals surface area contributed by atoms with Gasteiger partial charge < -0.3 is 14.4 Å². The fourth-order valence-corrected chi connectivity index (χ4v) is 5.88. The Hall–Kier alpha value is -1.14. The lowest BCUT2D eigenvalue weighted by Crippen LogP contribution is -2.33. The van der Waals surface area contributed by atoms with E-state index in [1.165, 1.54) is 44.9 Å². The SMILES string of the molecule is Cc1nc(C)c([C@H](OC(C)(C)C)C(=O)OC(C)C)c(N2CCC3(CCCCCC3)C2)c1Br. The van der Waals surface area contributed by atoms with Gasteiger partial charge in [0.25, 0.3) is 0 Å². The molecule has 1 saturated heterocycles. The Morgan fingerprint density at radius 3 is 2.25 bits per heavy atom. The van der Waals surface area contributed by atoms with Gasteiger partial charge in [0.15, 0.2) is 6.10 Å². The van der Waals surface area contributed by atoms with Crippen LogP contribution in [0.3, 0.4) is 0 Å². The van der Waals surface area contributed by atoms with E-state index in [1.54, 1.807) is 0 Å². The number of aryl methyl sites for hydroxylation is 2. The number of hydrogen-bond acceptors (Lipinski definition) is 5. The van der Waals surface area contributed by atoms with Gasteiger partial charge in [-0.1, -0.05) is 25.7 Å². The molecule has 0 radical (unpaired) electrons. The van der Waals surface area contributed by atoms with Crippen molar-refractivity contribution in [3.05, 3.63) is 21.4 Å². The monoisotopic (exact) mass is 508 g/mol. The zero-order valence-corrected chi connectivity index (χ0v) is 22.6. The quantitative estimate of drug-likeness (QED) is 0.408. The predicted molar refractivity (Wildman–Crippen MR) is 133 cm³/mol. The molecular formula is C26H41BrN2O3. The Labute approximate surface area is 202 Å². The summed E-state index contributed by atoms with van der Waals surface area (Å²) in [4.78, 5) is 20.5. The maximum absolute atomic E-state index is 13.3. The van der Waals surface area contributed by atoms with Crippen LogP contribution >= 0.6 is 15.9 Å². The fourth-order valence-electron chi connectivity index (χ4n) is 5.33. The van der Waals surface area contributed by atoms with Crippen LogP contribution in [0.15, 0.2) is 4.47 Å². The molecule has 6 heteroatoms. The number of carbonyl (C=O) groups is 1. The Kier molecular flexibility index (Phi) is 7.97. The predicted octanol–water partition coefficient (Wildman–Crippen LogP) is 6.82. The van der Waals surface area contributed by atoms with E-state index in [0.717, 1.165) is 40.2 Å². The Bertz CT molecular complexity index is 823. The van der Waals surface area contributed by atoms with Gasteiger partial charge in [-0.3, -0.25) is 4.98 Å². The number of halogens is 1. The van der Waals surface area contributed by atoms with Gasteiger partial charge in [0, 0.05) is 24.3 Å². The summed E-state index contributed by atoms with van der Waals surface area (Å²) in [5.74, 6) is -0.347. The van der Waals surface area contributed by atoms with Crippen LogP contribution in [-0.2, 0) is 14.3 Å². The summed E-state index contributed by atoms with van der Waals surface area (Å²) in [5.41, 5.74) is 3.55. The van der Waals surface area contributed by atoms with Crippen molar-refractivity contribution in [1.82, 2.24) is 4.98 Å². The van der Waals surface area contributed by atoms with Gasteiger partial charge in [0.2, 0.25) is 0 Å². The standard InChI is InChI=1S/C26H41BrN2O3/c1-17(2)31-24(30)23(32-25(5,6)7)20-18(3)28-19(4)21(27)22(20)29-15-14-26(16-29)12-10-8-9-11-13-26/h17,23H,8-16H2,1-7H3/t23-/m0/s1. The number of hydrogen-bond donors (Lipinski definition) is 0. The number of carbonyl (C=O) groups excluding carboxylic acids is 1. The van der Waals surface area contributed by atoms with Crippen molar-refractivity contribution >= 4 is 27.6 Å². The van der Waals surface area contributed by atoms with Crippen LogP contribution in [0.2, 0.25) is 0 Å². The molecule has 1 aliphatic heterocycles. The largest absolute Gasteiger partial charge is 0.461 e. The fraction of sp³-hybridized carbons (Fsp3) is 0.769. The molecule has 0 aromatic carbocycles. The van der Waals surface area contributed by atoms with Gasteiger partial charge >= 0.3 is 5.97 Å². The molecule has 0 amide bonds. The molecule has 1 aliphatic carbocycles. The van der Waals surface area contributed by atoms with E-state index >= 15 is 0 Å². The molecule has 32 heavy (non-hydrogen) atoms. The van der Waals surface area contributed by atoms with Crippen LogP contribution in [0.4, 0.5) is 5.69 Å². The van der Waals surface area contributed by atoms with Gasteiger partial charge in [0.05, 0.1) is 27.6 Å². The first-order valence-electron chi connectivity index (χ1n) is 12.2. The summed E-state index contributed by atoms with van der Waals surface area (Å²) >= 11 is 3.84. The van der Waals surface area contributed by atoms with Crippen molar-refractivity contribution in [3.8, 4) is 0 Å². The molecule has 0 bridgehead atoms. The van der Waals surface area contributed by atoms with Gasteiger partial charge in [-0.05, 0) is 89.1 Å². The highest BCUT2D eigenvalue weighted by molar-refractivity contribution is 9.10. The van der Waals surface area contributed by atoms with Crippen molar-refractivity contribution in [2.24, 2.45) is 5.41 Å². The molecule has 1 aromatic rings. The third-order valence-electron chi connectivity index (χ3n) is 6.72. The Morgan fingerprint density at radius 2 is 1.69 bits per heavy atom. The normalized spacial score (nSPS) is 20.0. The van der Waals surface area contributed by atoms with E-state index in [0.29, 0.717) is 5.41 Å². The average Bonchev–Trinajstić information content (AvgIpc) is 2.93.